The van der Waals surface area contributed by atoms with E-state index in [4.69, 9.17) is 9.47 Å². The molecule has 0 saturated carbocycles. The zero-order valence-corrected chi connectivity index (χ0v) is 51.9. The molecule has 2 saturated heterocycles. The van der Waals surface area contributed by atoms with Gasteiger partial charge in [0.15, 0.2) is 19.0 Å². The lowest BCUT2D eigenvalue weighted by molar-refractivity contribution is -0.143. The topological polar surface area (TPSA) is 258 Å². The molecule has 2 heterocycles. The van der Waals surface area contributed by atoms with Crippen molar-refractivity contribution in [2.24, 2.45) is 11.8 Å². The number of halogens is 4. The summed E-state index contributed by atoms with van der Waals surface area (Å²) in [5, 5.41) is 35.8. The third-order valence-electron chi connectivity index (χ3n) is 14.5. The Labute approximate surface area is 529 Å². The van der Waals surface area contributed by atoms with E-state index in [9.17, 15) is 71.2 Å². The number of ketones is 1. The quantitative estimate of drug-likeness (QED) is 0.0145. The number of nitrogens with zero attached hydrogens (tertiary/aromatic N) is 2. The van der Waals surface area contributed by atoms with Crippen LogP contribution in [-0.4, -0.2) is 128 Å². The van der Waals surface area contributed by atoms with Crippen LogP contribution in [0, 0.1) is 35.1 Å². The summed E-state index contributed by atoms with van der Waals surface area (Å²) in [6.45, 7) is 6.04. The summed E-state index contributed by atoms with van der Waals surface area (Å²) in [6.07, 6.45) is 1.15. The van der Waals surface area contributed by atoms with Crippen molar-refractivity contribution >= 4 is 93.9 Å². The average Bonchev–Trinajstić information content (AvgIpc) is 0.757. The van der Waals surface area contributed by atoms with Gasteiger partial charge in [0.2, 0.25) is 17.7 Å². The second kappa shape index (κ2) is 32.4. The number of carboxylic acid groups (broad SMARTS) is 2. The number of ether oxygens (including phenoxy) is 2. The summed E-state index contributed by atoms with van der Waals surface area (Å²) in [5.74, 6) is -5.69. The number of thioether (sulfide) groups is 3. The van der Waals surface area contributed by atoms with Crippen molar-refractivity contribution in [2.45, 2.75) is 80.9 Å². The molecule has 6 aromatic rings. The molecule has 90 heavy (non-hydrogen) atoms. The molecule has 2 fully saturated rings. The molecule has 0 bridgehead atoms. The number of amides is 5. The first-order valence-electron chi connectivity index (χ1n) is 28.4. The Kier molecular flexibility index (Phi) is 24.9. The van der Waals surface area contributed by atoms with Gasteiger partial charge in [-0.25, -0.2) is 27.2 Å². The van der Waals surface area contributed by atoms with Crippen molar-refractivity contribution in [1.29, 1.82) is 0 Å². The minimum Gasteiger partial charge on any atom is -0.484 e. The van der Waals surface area contributed by atoms with Crippen molar-refractivity contribution in [3.8, 4) is 11.5 Å². The van der Waals surface area contributed by atoms with Crippen LogP contribution in [0.3, 0.4) is 0 Å². The maximum absolute atomic E-state index is 13.7. The molecule has 8 atom stereocenters. The Bertz CT molecular complexity index is 3470. The highest BCUT2D eigenvalue weighted by atomic mass is 32.2. The summed E-state index contributed by atoms with van der Waals surface area (Å²) in [4.78, 5) is 103. The van der Waals surface area contributed by atoms with Gasteiger partial charge in [0, 0.05) is 22.7 Å². The monoisotopic (exact) mass is 1300 g/mol. The largest absolute Gasteiger partial charge is 0.484 e. The molecule has 6 N–H and O–H groups in total. The minimum atomic E-state index is -1.15. The Hall–Kier alpha value is -8.39. The van der Waals surface area contributed by atoms with Gasteiger partial charge in [-0.1, -0.05) is 64.1 Å². The number of aliphatic carboxylic acids is 2. The van der Waals surface area contributed by atoms with Crippen LogP contribution in [0.1, 0.15) is 79.4 Å². The fourth-order valence-corrected chi connectivity index (χ4v) is 12.6. The number of hydrogen-bond acceptors (Lipinski definition) is 14. The Morgan fingerprint density at radius 2 is 0.956 bits per heavy atom. The second-order valence-electron chi connectivity index (χ2n) is 21.6. The molecule has 8 rings (SSSR count). The average molecular weight is 1300 g/mol. The number of aliphatic hydroxyl groups is 1. The van der Waals surface area contributed by atoms with Crippen LogP contribution in [0.25, 0.3) is 0 Å². The van der Waals surface area contributed by atoms with Gasteiger partial charge >= 0.3 is 11.9 Å². The summed E-state index contributed by atoms with van der Waals surface area (Å²) in [7, 11) is 0. The SMILES string of the molecule is CC(C)[C@@H](NC(=O)COc1ccc([C@@H]2[C@@H](SCC(=O)c3ccc(F)cc3)C(=O)N2c2ccc(F)cc2)cc1)C(=O)O.CSCC[C@H](NC(=O)[C@H](NC(=O)COc1ccc([C@@H]2[C@@H](SCC(O)c3ccc(F)cc3)C(=O)N2c2ccc(F)cc2)cc1)C(C)C)C(=O)O. The van der Waals surface area contributed by atoms with Crippen LogP contribution < -0.4 is 35.2 Å². The first-order valence-corrected chi connectivity index (χ1v) is 31.9. The van der Waals surface area contributed by atoms with Gasteiger partial charge in [-0.3, -0.25) is 28.8 Å². The number of nitrogens with one attached hydrogen (secondary N) is 3. The fourth-order valence-electron chi connectivity index (χ4n) is 9.59. The van der Waals surface area contributed by atoms with Crippen molar-refractivity contribution in [1.82, 2.24) is 16.0 Å². The Morgan fingerprint density at radius 1 is 0.544 bits per heavy atom. The highest BCUT2D eigenvalue weighted by Crippen LogP contribution is 2.47. The Balaban J connectivity index is 0.000000260. The normalized spacial score (nSPS) is 17.3. The molecular weight excluding hydrogens is 1230 g/mol. The van der Waals surface area contributed by atoms with Crippen molar-refractivity contribution in [3.63, 3.8) is 0 Å². The lowest BCUT2D eigenvalue weighted by Gasteiger charge is -2.47. The van der Waals surface area contributed by atoms with E-state index in [1.54, 1.807) is 81.1 Å². The lowest BCUT2D eigenvalue weighted by atomic mass is 9.92. The molecular formula is C65H67F4N5O13S3. The second-order valence-corrected chi connectivity index (χ2v) is 24.8. The standard InChI is InChI=1S/C35H39F2N3O7S2.C30H28F2N2O6S/c1-20(2)30(33(43)38-27(35(45)46)16-17-48-3)39-29(42)18-47-26-14-6-22(7-15-26)31-32(34(44)40(31)25-12-10-24(37)11-13-25)49-19-28(41)21-4-8-23(36)9-5-21;1-17(2)26(30(38)39)33-25(36)15-40-23-13-5-19(6-14-23)27-28(29(37)34(27)22-11-9-21(32)10-12-22)41-16-24(35)18-3-7-20(31)8-4-18/h4-15,20,27-28,30-32,41H,16-19H2,1-3H3,(H,38,43)(H,39,42)(H,45,46);3-14,17,26-28H,15-16H2,1-2H3,(H,33,36)(H,38,39)/t27-,28?,30+,31+,32+;26-,27-,28-/m01/s1. The molecule has 1 unspecified atom stereocenters. The number of Topliss-reactive ketones (excluding diaryl/α,β-unsaturated/α-hetero) is 1. The number of anilines is 2. The molecule has 18 nitrogen and oxygen atoms in total. The van der Waals surface area contributed by atoms with Gasteiger partial charge in [-0.15, -0.1) is 23.5 Å². The van der Waals surface area contributed by atoms with Gasteiger partial charge in [-0.05, 0) is 156 Å². The number of rotatable bonds is 29. The number of hydrogen-bond donors (Lipinski definition) is 6. The van der Waals surface area contributed by atoms with Gasteiger partial charge in [0.05, 0.1) is 23.9 Å². The maximum atomic E-state index is 13.7. The van der Waals surface area contributed by atoms with Gasteiger partial charge in [0.1, 0.15) is 63.4 Å². The summed E-state index contributed by atoms with van der Waals surface area (Å²) < 4.78 is 65.0. The maximum Gasteiger partial charge on any atom is 0.326 e. The van der Waals surface area contributed by atoms with E-state index in [1.807, 2.05) is 6.26 Å². The molecule has 0 radical (unpaired) electrons. The molecule has 476 valence electrons. The van der Waals surface area contributed by atoms with Crippen LogP contribution in [0.2, 0.25) is 0 Å². The zero-order chi connectivity index (χ0) is 65.3. The third kappa shape index (κ3) is 18.4. The molecule has 2 aliphatic heterocycles. The third-order valence-corrected chi connectivity index (χ3v) is 17.7. The molecule has 5 amide bonds. The number of carbonyl (C=O) groups is 8. The van der Waals surface area contributed by atoms with E-state index >= 15 is 0 Å². The van der Waals surface area contributed by atoms with E-state index < -0.39 is 106 Å². The van der Waals surface area contributed by atoms with Crippen LogP contribution in [-0.2, 0) is 33.6 Å². The number of benzene rings is 6. The number of aliphatic hydroxyl groups excluding tert-OH is 1. The molecule has 0 spiro atoms. The van der Waals surface area contributed by atoms with E-state index in [0.717, 1.165) is 11.1 Å². The highest BCUT2D eigenvalue weighted by molar-refractivity contribution is 8.01. The lowest BCUT2D eigenvalue weighted by Crippen LogP contribution is -2.57. The number of carboxylic acids is 2. The predicted octanol–water partition coefficient (Wildman–Crippen LogP) is 9.37. The van der Waals surface area contributed by atoms with Crippen molar-refractivity contribution in [3.05, 3.63) is 191 Å². The zero-order valence-electron chi connectivity index (χ0n) is 49.4. The van der Waals surface area contributed by atoms with Crippen molar-refractivity contribution < 1.29 is 80.7 Å². The van der Waals surface area contributed by atoms with Gasteiger partial charge in [0.25, 0.3) is 11.8 Å². The van der Waals surface area contributed by atoms with Crippen LogP contribution in [0.5, 0.6) is 11.5 Å². The predicted molar refractivity (Wildman–Crippen MR) is 335 cm³/mol. The minimum absolute atomic E-state index is 0.000181. The number of carbonyl (C=O) groups excluding carboxylic acids is 6. The van der Waals surface area contributed by atoms with E-state index in [1.165, 1.54) is 137 Å². The van der Waals surface area contributed by atoms with Gasteiger partial charge in [-0.2, -0.15) is 11.8 Å². The summed E-state index contributed by atoms with van der Waals surface area (Å²) >= 11 is 3.89. The van der Waals surface area contributed by atoms with Crippen LogP contribution >= 0.6 is 35.3 Å². The first-order chi connectivity index (χ1) is 42.9. The molecule has 25 heteroatoms. The smallest absolute Gasteiger partial charge is 0.326 e. The first kappa shape index (κ1) is 69.1. The fraction of sp³-hybridized carbons (Fsp3) is 0.323. The van der Waals surface area contributed by atoms with Crippen LogP contribution in [0.15, 0.2) is 146 Å². The molecule has 0 aromatic heterocycles. The Morgan fingerprint density at radius 3 is 1.37 bits per heavy atom. The summed E-state index contributed by atoms with van der Waals surface area (Å²) in [6, 6.07) is 31.2. The van der Waals surface area contributed by atoms with E-state index in [0.29, 0.717) is 39.8 Å². The van der Waals surface area contributed by atoms with Crippen molar-refractivity contribution in [2.75, 3.05) is 46.5 Å². The van der Waals surface area contributed by atoms with E-state index in [2.05, 4.69) is 16.0 Å². The summed E-state index contributed by atoms with van der Waals surface area (Å²) in [5.41, 5.74) is 3.33. The molecule has 0 aliphatic carbocycles. The molecule has 2 aliphatic rings. The highest BCUT2D eigenvalue weighted by Gasteiger charge is 2.51. The number of β-lactam (4-membered cyclic amide) rings is 2. The molecule has 6 aromatic carbocycles. The van der Waals surface area contributed by atoms with E-state index in [-0.39, 0.29) is 54.0 Å². The van der Waals surface area contributed by atoms with Gasteiger partial charge < -0.3 is 50.5 Å². The van der Waals surface area contributed by atoms with Crippen LogP contribution in [0.4, 0.5) is 28.9 Å².